The second-order valence-corrected chi connectivity index (χ2v) is 4.80. The highest BCUT2D eigenvalue weighted by Crippen LogP contribution is 2.31. The number of halogens is 1. The molecule has 0 bridgehead atoms. The van der Waals surface area contributed by atoms with Gasteiger partial charge in [-0.25, -0.2) is 9.97 Å². The Hall–Kier alpha value is -0.880. The summed E-state index contributed by atoms with van der Waals surface area (Å²) in [7, 11) is 0. The van der Waals surface area contributed by atoms with Gasteiger partial charge in [-0.1, -0.05) is 0 Å². The Morgan fingerprint density at radius 1 is 1.40 bits per heavy atom. The van der Waals surface area contributed by atoms with Crippen LogP contribution in [-0.2, 0) is 0 Å². The number of H-pyrrole nitrogens is 1. The minimum Gasteiger partial charge on any atom is -0.262 e. The number of nitrogens with zero attached hydrogens (tertiary/aromatic N) is 3. The monoisotopic (exact) mass is 284 g/mol. The largest absolute Gasteiger partial charge is 0.262 e. The summed E-state index contributed by atoms with van der Waals surface area (Å²) in [5.74, 6) is 0.807. The van der Waals surface area contributed by atoms with Gasteiger partial charge in [-0.05, 0) is 53.2 Å². The Labute approximate surface area is 100 Å². The molecular weight excluding hydrogens is 276 g/mol. The Morgan fingerprint density at radius 2 is 2.20 bits per heavy atom. The predicted octanol–water partition coefficient (Wildman–Crippen LogP) is 2.73. The minimum absolute atomic E-state index is 0.686. The van der Waals surface area contributed by atoms with Crippen LogP contribution in [0.3, 0.4) is 0 Å². The van der Waals surface area contributed by atoms with Gasteiger partial charge in [0, 0.05) is 6.20 Å². The molecule has 0 aliphatic heterocycles. The summed E-state index contributed by atoms with van der Waals surface area (Å²) >= 11 is 4.93. The molecule has 0 aliphatic rings. The lowest BCUT2D eigenvalue weighted by atomic mass is 10.3. The summed E-state index contributed by atoms with van der Waals surface area (Å²) in [6, 6.07) is 1.96. The lowest BCUT2D eigenvalue weighted by molar-refractivity contribution is 0.961. The zero-order chi connectivity index (χ0) is 10.8. The fraction of sp³-hybridized carbons (Fsp3) is 0.222. The van der Waals surface area contributed by atoms with Crippen molar-refractivity contribution in [2.75, 3.05) is 0 Å². The molecule has 0 aromatic carbocycles. The maximum absolute atomic E-state index is 4.27. The molecule has 78 valence electrons. The van der Waals surface area contributed by atoms with Gasteiger partial charge in [-0.3, -0.25) is 5.10 Å². The number of hydrogen-bond donors (Lipinski definition) is 1. The van der Waals surface area contributed by atoms with Gasteiger partial charge in [0.25, 0.3) is 0 Å². The molecule has 0 spiro atoms. The standard InChI is InChI=1S/C9H9BrN4S/c1-5-3-4-11-8(7(5)10)15-9-12-6(2)13-14-9/h3-4H,1-2H3,(H,12,13,14). The SMILES string of the molecule is Cc1nc(Sc2nccc(C)c2Br)n[nH]1. The topological polar surface area (TPSA) is 54.5 Å². The fourth-order valence-corrected chi connectivity index (χ4v) is 2.33. The third-order valence-electron chi connectivity index (χ3n) is 1.81. The normalized spacial score (nSPS) is 10.6. The zero-order valence-electron chi connectivity index (χ0n) is 8.28. The molecule has 15 heavy (non-hydrogen) atoms. The van der Waals surface area contributed by atoms with Crippen molar-refractivity contribution in [3.8, 4) is 0 Å². The highest BCUT2D eigenvalue weighted by Gasteiger charge is 2.08. The van der Waals surface area contributed by atoms with Crippen LogP contribution < -0.4 is 0 Å². The molecule has 0 saturated heterocycles. The van der Waals surface area contributed by atoms with Crippen LogP contribution in [0.4, 0.5) is 0 Å². The summed E-state index contributed by atoms with van der Waals surface area (Å²) in [6.45, 7) is 3.90. The number of pyridine rings is 1. The van der Waals surface area contributed by atoms with Gasteiger partial charge in [0.1, 0.15) is 10.9 Å². The molecule has 0 atom stereocenters. The highest BCUT2D eigenvalue weighted by molar-refractivity contribution is 9.10. The number of aromatic nitrogens is 4. The van der Waals surface area contributed by atoms with E-state index in [0.29, 0.717) is 5.16 Å². The fourth-order valence-electron chi connectivity index (χ4n) is 1.04. The molecule has 1 N–H and O–H groups in total. The van der Waals surface area contributed by atoms with Crippen molar-refractivity contribution >= 4 is 27.7 Å². The minimum atomic E-state index is 0.686. The number of nitrogens with one attached hydrogen (secondary N) is 1. The molecule has 2 rings (SSSR count). The van der Waals surface area contributed by atoms with Crippen molar-refractivity contribution in [1.82, 2.24) is 20.2 Å². The number of hydrogen-bond acceptors (Lipinski definition) is 4. The van der Waals surface area contributed by atoms with E-state index in [1.165, 1.54) is 11.8 Å². The molecule has 0 unspecified atom stereocenters. The quantitative estimate of drug-likeness (QED) is 0.921. The summed E-state index contributed by atoms with van der Waals surface area (Å²) < 4.78 is 0.998. The average molecular weight is 285 g/mol. The van der Waals surface area contributed by atoms with Crippen molar-refractivity contribution in [2.24, 2.45) is 0 Å². The summed E-state index contributed by atoms with van der Waals surface area (Å²) in [5.41, 5.74) is 1.15. The maximum atomic E-state index is 4.27. The van der Waals surface area contributed by atoms with Gasteiger partial charge in [0.05, 0.1) is 4.47 Å². The molecule has 2 aromatic heterocycles. The van der Waals surface area contributed by atoms with Crippen molar-refractivity contribution in [3.05, 3.63) is 28.1 Å². The molecule has 0 amide bonds. The second-order valence-electron chi connectivity index (χ2n) is 3.05. The first kappa shape index (κ1) is 10.6. The first-order chi connectivity index (χ1) is 7.16. The van der Waals surface area contributed by atoms with Gasteiger partial charge in [0.2, 0.25) is 5.16 Å². The van der Waals surface area contributed by atoms with Crippen molar-refractivity contribution < 1.29 is 0 Å². The molecule has 2 heterocycles. The molecule has 6 heteroatoms. The van der Waals surface area contributed by atoms with E-state index in [-0.39, 0.29) is 0 Å². The van der Waals surface area contributed by atoms with Crippen molar-refractivity contribution in [3.63, 3.8) is 0 Å². The van der Waals surface area contributed by atoms with Crippen LogP contribution in [-0.4, -0.2) is 20.2 Å². The van der Waals surface area contributed by atoms with Gasteiger partial charge in [0.15, 0.2) is 0 Å². The van der Waals surface area contributed by atoms with Crippen LogP contribution in [0.2, 0.25) is 0 Å². The van der Waals surface area contributed by atoms with Crippen LogP contribution >= 0.6 is 27.7 Å². The molecule has 0 radical (unpaired) electrons. The number of rotatable bonds is 2. The van der Waals surface area contributed by atoms with Gasteiger partial charge in [-0.2, -0.15) is 0 Å². The van der Waals surface area contributed by atoms with Gasteiger partial charge >= 0.3 is 0 Å². The number of aryl methyl sites for hydroxylation is 2. The molecular formula is C9H9BrN4S. The van der Waals surface area contributed by atoms with E-state index in [2.05, 4.69) is 36.1 Å². The van der Waals surface area contributed by atoms with E-state index < -0.39 is 0 Å². The molecule has 4 nitrogen and oxygen atoms in total. The first-order valence-electron chi connectivity index (χ1n) is 4.35. The third-order valence-corrected chi connectivity index (χ3v) is 3.95. The Morgan fingerprint density at radius 3 is 2.87 bits per heavy atom. The summed E-state index contributed by atoms with van der Waals surface area (Å²) in [4.78, 5) is 8.48. The van der Waals surface area contributed by atoms with E-state index in [9.17, 15) is 0 Å². The van der Waals surface area contributed by atoms with E-state index in [4.69, 9.17) is 0 Å². The van der Waals surface area contributed by atoms with Crippen LogP contribution in [0.1, 0.15) is 11.4 Å². The average Bonchev–Trinajstić information content (AvgIpc) is 2.59. The second kappa shape index (κ2) is 4.32. The van der Waals surface area contributed by atoms with E-state index in [0.717, 1.165) is 20.9 Å². The lowest BCUT2D eigenvalue weighted by Gasteiger charge is -2.02. The molecule has 2 aromatic rings. The Kier molecular flexibility index (Phi) is 3.06. The number of aromatic amines is 1. The van der Waals surface area contributed by atoms with E-state index >= 15 is 0 Å². The van der Waals surface area contributed by atoms with E-state index in [1.54, 1.807) is 6.20 Å². The van der Waals surface area contributed by atoms with Gasteiger partial charge in [-0.15, -0.1) is 5.10 Å². The van der Waals surface area contributed by atoms with Gasteiger partial charge < -0.3 is 0 Å². The Balaban J connectivity index is 2.28. The smallest absolute Gasteiger partial charge is 0.214 e. The maximum Gasteiger partial charge on any atom is 0.214 e. The Bertz CT molecular complexity index is 483. The highest BCUT2D eigenvalue weighted by atomic mass is 79.9. The zero-order valence-corrected chi connectivity index (χ0v) is 10.7. The van der Waals surface area contributed by atoms with E-state index in [1.807, 2.05) is 19.9 Å². The molecule has 0 fully saturated rings. The summed E-state index contributed by atoms with van der Waals surface area (Å²) in [6.07, 6.45) is 1.78. The van der Waals surface area contributed by atoms with Crippen molar-refractivity contribution in [2.45, 2.75) is 24.0 Å². The lowest BCUT2D eigenvalue weighted by Crippen LogP contribution is -1.86. The summed E-state index contributed by atoms with van der Waals surface area (Å²) in [5, 5.41) is 8.42. The van der Waals surface area contributed by atoms with Crippen LogP contribution in [0.5, 0.6) is 0 Å². The van der Waals surface area contributed by atoms with Crippen LogP contribution in [0.25, 0.3) is 0 Å². The van der Waals surface area contributed by atoms with Crippen molar-refractivity contribution in [1.29, 1.82) is 0 Å². The molecule has 0 aliphatic carbocycles. The van der Waals surface area contributed by atoms with Crippen LogP contribution in [0, 0.1) is 13.8 Å². The van der Waals surface area contributed by atoms with Crippen LogP contribution in [0.15, 0.2) is 26.9 Å². The first-order valence-corrected chi connectivity index (χ1v) is 5.95. The molecule has 0 saturated carbocycles. The predicted molar refractivity (Wildman–Crippen MR) is 61.9 cm³/mol. The third kappa shape index (κ3) is 2.38.